The Balaban J connectivity index is 2.03. The van der Waals surface area contributed by atoms with Gasteiger partial charge in [0.05, 0.1) is 5.56 Å². The van der Waals surface area contributed by atoms with Crippen LogP contribution in [-0.2, 0) is 4.79 Å². The minimum absolute atomic E-state index is 0.114. The van der Waals surface area contributed by atoms with Crippen LogP contribution in [0.15, 0.2) is 18.2 Å². The summed E-state index contributed by atoms with van der Waals surface area (Å²) < 4.78 is 26.1. The number of carboxylic acids is 1. The molecule has 0 bridgehead atoms. The highest BCUT2D eigenvalue weighted by Crippen LogP contribution is 2.36. The van der Waals surface area contributed by atoms with Crippen LogP contribution in [0, 0.1) is 12.8 Å². The van der Waals surface area contributed by atoms with E-state index in [-0.39, 0.29) is 37.2 Å². The van der Waals surface area contributed by atoms with E-state index < -0.39 is 17.8 Å². The van der Waals surface area contributed by atoms with Crippen LogP contribution in [0.25, 0.3) is 0 Å². The van der Waals surface area contributed by atoms with Gasteiger partial charge in [-0.05, 0) is 37.5 Å². The summed E-state index contributed by atoms with van der Waals surface area (Å²) in [6.45, 7) is 1.66. The number of alkyl halides is 2. The molecule has 0 aliphatic heterocycles. The number of aryl methyl sites for hydroxylation is 1. The van der Waals surface area contributed by atoms with Crippen molar-refractivity contribution >= 4 is 17.6 Å². The van der Waals surface area contributed by atoms with E-state index in [1.165, 1.54) is 6.07 Å². The van der Waals surface area contributed by atoms with E-state index in [0.717, 1.165) is 0 Å². The molecule has 0 heterocycles. The van der Waals surface area contributed by atoms with Gasteiger partial charge in [-0.15, -0.1) is 0 Å². The molecule has 1 aromatic carbocycles. The highest BCUT2D eigenvalue weighted by atomic mass is 19.3. The van der Waals surface area contributed by atoms with Crippen LogP contribution >= 0.6 is 0 Å². The second-order valence-electron chi connectivity index (χ2n) is 5.45. The van der Waals surface area contributed by atoms with E-state index >= 15 is 0 Å². The Bertz CT molecular complexity index is 562. The predicted molar refractivity (Wildman–Crippen MR) is 73.7 cm³/mol. The first-order valence-corrected chi connectivity index (χ1v) is 6.81. The number of carbonyl (C=O) groups excluding carboxylic acids is 1. The Morgan fingerprint density at radius 2 is 1.90 bits per heavy atom. The SMILES string of the molecule is Cc1ccc(NC(=O)C2CCC(F)(F)CC2)cc1C(=O)O. The molecule has 1 aliphatic rings. The number of carboxylic acid groups (broad SMARTS) is 1. The number of amides is 1. The molecule has 0 saturated heterocycles. The molecular weight excluding hydrogens is 280 g/mol. The van der Waals surface area contributed by atoms with E-state index in [4.69, 9.17) is 5.11 Å². The van der Waals surface area contributed by atoms with Gasteiger partial charge in [-0.2, -0.15) is 0 Å². The summed E-state index contributed by atoms with van der Waals surface area (Å²) >= 11 is 0. The van der Waals surface area contributed by atoms with Crippen molar-refractivity contribution in [1.29, 1.82) is 0 Å². The van der Waals surface area contributed by atoms with E-state index in [2.05, 4.69) is 5.32 Å². The van der Waals surface area contributed by atoms with Gasteiger partial charge < -0.3 is 10.4 Å². The summed E-state index contributed by atoms with van der Waals surface area (Å²) in [5.74, 6) is -4.51. The smallest absolute Gasteiger partial charge is 0.336 e. The van der Waals surface area contributed by atoms with Crippen LogP contribution < -0.4 is 5.32 Å². The molecular formula is C15H17F2NO3. The van der Waals surface area contributed by atoms with Crippen molar-refractivity contribution in [3.05, 3.63) is 29.3 Å². The maximum atomic E-state index is 13.1. The van der Waals surface area contributed by atoms with Crippen LogP contribution in [0.5, 0.6) is 0 Å². The van der Waals surface area contributed by atoms with E-state index in [1.807, 2.05) is 0 Å². The van der Waals surface area contributed by atoms with E-state index in [1.54, 1.807) is 19.1 Å². The number of hydrogen-bond donors (Lipinski definition) is 2. The summed E-state index contributed by atoms with van der Waals surface area (Å²) in [6.07, 6.45) is -0.258. The van der Waals surface area contributed by atoms with Gasteiger partial charge in [0.15, 0.2) is 0 Å². The number of benzene rings is 1. The molecule has 1 saturated carbocycles. The minimum Gasteiger partial charge on any atom is -0.478 e. The zero-order chi connectivity index (χ0) is 15.6. The second kappa shape index (κ2) is 5.79. The van der Waals surface area contributed by atoms with Gasteiger partial charge in [0, 0.05) is 24.4 Å². The van der Waals surface area contributed by atoms with Gasteiger partial charge in [-0.25, -0.2) is 13.6 Å². The largest absolute Gasteiger partial charge is 0.478 e. The van der Waals surface area contributed by atoms with Crippen molar-refractivity contribution in [2.24, 2.45) is 5.92 Å². The monoisotopic (exact) mass is 297 g/mol. The lowest BCUT2D eigenvalue weighted by Crippen LogP contribution is -2.31. The van der Waals surface area contributed by atoms with Crippen molar-refractivity contribution in [3.8, 4) is 0 Å². The van der Waals surface area contributed by atoms with Crippen molar-refractivity contribution in [1.82, 2.24) is 0 Å². The Kier molecular flexibility index (Phi) is 4.25. The fourth-order valence-corrected chi connectivity index (χ4v) is 2.48. The molecule has 0 spiro atoms. The van der Waals surface area contributed by atoms with Crippen molar-refractivity contribution < 1.29 is 23.5 Å². The number of hydrogen-bond acceptors (Lipinski definition) is 2. The third kappa shape index (κ3) is 3.77. The van der Waals surface area contributed by atoms with Crippen LogP contribution in [0.4, 0.5) is 14.5 Å². The van der Waals surface area contributed by atoms with Crippen molar-refractivity contribution in [2.45, 2.75) is 38.5 Å². The molecule has 1 aromatic rings. The van der Waals surface area contributed by atoms with E-state index in [9.17, 15) is 18.4 Å². The number of aromatic carboxylic acids is 1. The third-order valence-corrected chi connectivity index (χ3v) is 3.82. The molecule has 6 heteroatoms. The molecule has 0 radical (unpaired) electrons. The maximum absolute atomic E-state index is 13.1. The quantitative estimate of drug-likeness (QED) is 0.898. The fourth-order valence-electron chi connectivity index (χ4n) is 2.48. The Morgan fingerprint density at radius 3 is 2.48 bits per heavy atom. The molecule has 114 valence electrons. The fraction of sp³-hybridized carbons (Fsp3) is 0.467. The molecule has 4 nitrogen and oxygen atoms in total. The molecule has 1 amide bonds. The van der Waals surface area contributed by atoms with Gasteiger partial charge in [0.1, 0.15) is 0 Å². The summed E-state index contributed by atoms with van der Waals surface area (Å²) in [7, 11) is 0. The first-order chi connectivity index (χ1) is 9.78. The highest BCUT2D eigenvalue weighted by molar-refractivity contribution is 5.95. The van der Waals surface area contributed by atoms with Crippen molar-refractivity contribution in [3.63, 3.8) is 0 Å². The molecule has 1 aliphatic carbocycles. The first-order valence-electron chi connectivity index (χ1n) is 6.81. The van der Waals surface area contributed by atoms with Gasteiger partial charge in [-0.1, -0.05) is 6.07 Å². The van der Waals surface area contributed by atoms with Gasteiger partial charge in [0.25, 0.3) is 0 Å². The lowest BCUT2D eigenvalue weighted by atomic mass is 9.86. The Morgan fingerprint density at radius 1 is 1.29 bits per heavy atom. The van der Waals surface area contributed by atoms with Gasteiger partial charge in [-0.3, -0.25) is 4.79 Å². The van der Waals surface area contributed by atoms with Crippen LogP contribution in [0.3, 0.4) is 0 Å². The third-order valence-electron chi connectivity index (χ3n) is 3.82. The molecule has 2 rings (SSSR count). The number of rotatable bonds is 3. The molecule has 21 heavy (non-hydrogen) atoms. The van der Waals surface area contributed by atoms with Crippen LogP contribution in [-0.4, -0.2) is 22.9 Å². The number of carbonyl (C=O) groups is 2. The minimum atomic E-state index is -2.67. The van der Waals surface area contributed by atoms with Crippen LogP contribution in [0.1, 0.15) is 41.6 Å². The average Bonchev–Trinajstić information content (AvgIpc) is 2.40. The molecule has 1 fully saturated rings. The topological polar surface area (TPSA) is 66.4 Å². The van der Waals surface area contributed by atoms with Crippen LogP contribution in [0.2, 0.25) is 0 Å². The number of nitrogens with one attached hydrogen (secondary N) is 1. The molecule has 2 N–H and O–H groups in total. The summed E-state index contributed by atoms with van der Waals surface area (Å²) in [4.78, 5) is 23.1. The maximum Gasteiger partial charge on any atom is 0.336 e. The summed E-state index contributed by atoms with van der Waals surface area (Å²) in [6, 6.07) is 4.60. The average molecular weight is 297 g/mol. The number of anilines is 1. The zero-order valence-corrected chi connectivity index (χ0v) is 11.7. The molecule has 0 atom stereocenters. The standard InChI is InChI=1S/C15H17F2NO3/c1-9-2-3-11(8-12(9)14(20)21)18-13(19)10-4-6-15(16,17)7-5-10/h2-3,8,10H,4-7H2,1H3,(H,18,19)(H,20,21). The first kappa shape index (κ1) is 15.4. The summed E-state index contributed by atoms with van der Waals surface area (Å²) in [5.41, 5.74) is 1.08. The summed E-state index contributed by atoms with van der Waals surface area (Å²) in [5, 5.41) is 11.6. The van der Waals surface area contributed by atoms with E-state index in [0.29, 0.717) is 11.3 Å². The normalized spacial score (nSPS) is 18.2. The Labute approximate surface area is 121 Å². The van der Waals surface area contributed by atoms with Gasteiger partial charge in [0.2, 0.25) is 11.8 Å². The van der Waals surface area contributed by atoms with Crippen molar-refractivity contribution in [2.75, 3.05) is 5.32 Å². The molecule has 0 unspecified atom stereocenters. The van der Waals surface area contributed by atoms with Gasteiger partial charge >= 0.3 is 5.97 Å². The zero-order valence-electron chi connectivity index (χ0n) is 11.7. The Hall–Kier alpha value is -1.98. The number of halogens is 2. The lowest BCUT2D eigenvalue weighted by molar-refractivity contribution is -0.124. The predicted octanol–water partition coefficient (Wildman–Crippen LogP) is 3.46. The molecule has 0 aromatic heterocycles. The second-order valence-corrected chi connectivity index (χ2v) is 5.45. The lowest BCUT2D eigenvalue weighted by Gasteiger charge is -2.27. The highest BCUT2D eigenvalue weighted by Gasteiger charge is 2.37.